The average molecular weight is 257 g/mol. The second-order valence-corrected chi connectivity index (χ2v) is 4.74. The Labute approximate surface area is 110 Å². The van der Waals surface area contributed by atoms with Crippen LogP contribution in [0.4, 0.5) is 0 Å². The Morgan fingerprint density at radius 1 is 1.56 bits per heavy atom. The molecule has 1 aliphatic carbocycles. The molecule has 6 nitrogen and oxygen atoms in total. The number of likely N-dealkylation sites (N-methyl/N-ethyl adjacent to an activating group) is 1. The molecule has 1 rings (SSSR count). The smallest absolute Gasteiger partial charge is 0.206 e. The first-order valence-corrected chi connectivity index (χ1v) is 6.71. The lowest BCUT2D eigenvalue weighted by Crippen LogP contribution is -2.47. The summed E-state index contributed by atoms with van der Waals surface area (Å²) in [7, 11) is 1.68. The molecule has 6 heteroatoms. The molecule has 18 heavy (non-hydrogen) atoms. The Morgan fingerprint density at radius 2 is 2.28 bits per heavy atom. The minimum Gasteiger partial charge on any atom is -0.383 e. The van der Waals surface area contributed by atoms with Gasteiger partial charge >= 0.3 is 0 Å². The van der Waals surface area contributed by atoms with E-state index < -0.39 is 0 Å². The number of aliphatic imine (C=N–C) groups is 1. The van der Waals surface area contributed by atoms with Crippen LogP contribution in [0.15, 0.2) is 4.99 Å². The van der Waals surface area contributed by atoms with E-state index in [9.17, 15) is 0 Å². The molecule has 1 unspecified atom stereocenters. The molecule has 0 bridgehead atoms. The molecule has 1 aliphatic rings. The molecule has 1 fully saturated rings. The van der Waals surface area contributed by atoms with Crippen molar-refractivity contribution in [3.8, 4) is 0 Å². The molecular formula is C12H27N5O. The van der Waals surface area contributed by atoms with Gasteiger partial charge in [-0.3, -0.25) is 15.3 Å². The molecule has 1 atom stereocenters. The molecule has 1 saturated carbocycles. The zero-order valence-corrected chi connectivity index (χ0v) is 11.8. The number of nitrogens with one attached hydrogen (secondary N) is 2. The third-order valence-electron chi connectivity index (χ3n) is 3.06. The van der Waals surface area contributed by atoms with Gasteiger partial charge in [0.15, 0.2) is 0 Å². The van der Waals surface area contributed by atoms with Crippen molar-refractivity contribution in [2.24, 2.45) is 10.8 Å². The second-order valence-electron chi connectivity index (χ2n) is 4.74. The summed E-state index contributed by atoms with van der Waals surface area (Å²) in [6.45, 7) is 7.70. The fraction of sp³-hybridized carbons (Fsp3) is 0.917. The van der Waals surface area contributed by atoms with Crippen molar-refractivity contribution < 1.29 is 4.74 Å². The van der Waals surface area contributed by atoms with E-state index >= 15 is 0 Å². The Kier molecular flexibility index (Phi) is 7.00. The van der Waals surface area contributed by atoms with Crippen LogP contribution < -0.4 is 16.6 Å². The second kappa shape index (κ2) is 8.29. The van der Waals surface area contributed by atoms with E-state index in [1.807, 2.05) is 6.92 Å². The Bertz CT molecular complexity index is 255. The van der Waals surface area contributed by atoms with Crippen molar-refractivity contribution in [2.75, 3.05) is 33.4 Å². The summed E-state index contributed by atoms with van der Waals surface area (Å²) in [4.78, 5) is 6.90. The number of nitrogens with two attached hydrogens (primary N) is 1. The number of methoxy groups -OCH3 is 1. The average Bonchev–Trinajstić information content (AvgIpc) is 3.17. The summed E-state index contributed by atoms with van der Waals surface area (Å²) in [5.74, 6) is 6.07. The largest absolute Gasteiger partial charge is 0.383 e. The van der Waals surface area contributed by atoms with Gasteiger partial charge in [-0.05, 0) is 26.3 Å². The van der Waals surface area contributed by atoms with Gasteiger partial charge in [-0.15, -0.1) is 0 Å². The number of hydrazine groups is 1. The highest BCUT2D eigenvalue weighted by molar-refractivity contribution is 5.79. The van der Waals surface area contributed by atoms with Crippen molar-refractivity contribution in [1.29, 1.82) is 0 Å². The molecule has 0 heterocycles. The van der Waals surface area contributed by atoms with Gasteiger partial charge in [0.05, 0.1) is 13.2 Å². The Balaban J connectivity index is 2.27. The van der Waals surface area contributed by atoms with Crippen molar-refractivity contribution in [2.45, 2.75) is 38.8 Å². The number of rotatable bonds is 8. The number of guanidine groups is 1. The first-order chi connectivity index (χ1) is 8.71. The standard InChI is InChI=1S/C12H27N5O/c1-4-17(11-5-6-11)8-7-14-12(16-13)15-10(2)9-18-3/h10-11H,4-9,13H2,1-3H3,(H2,14,15,16). The highest BCUT2D eigenvalue weighted by Gasteiger charge is 2.27. The summed E-state index contributed by atoms with van der Waals surface area (Å²) >= 11 is 0. The lowest BCUT2D eigenvalue weighted by molar-refractivity contribution is 0.179. The molecule has 0 aromatic heterocycles. The maximum Gasteiger partial charge on any atom is 0.206 e. The Hall–Kier alpha value is -0.850. The lowest BCUT2D eigenvalue weighted by Gasteiger charge is -2.19. The summed E-state index contributed by atoms with van der Waals surface area (Å²) in [6, 6.07) is 0.982. The van der Waals surface area contributed by atoms with Gasteiger partial charge in [-0.25, -0.2) is 5.84 Å². The summed E-state index contributed by atoms with van der Waals surface area (Å²) in [5.41, 5.74) is 2.59. The number of ether oxygens (including phenoxy) is 1. The first kappa shape index (κ1) is 15.2. The number of hydrogen-bond donors (Lipinski definition) is 3. The van der Waals surface area contributed by atoms with Gasteiger partial charge in [0.1, 0.15) is 0 Å². The third kappa shape index (κ3) is 5.66. The number of hydrogen-bond acceptors (Lipinski definition) is 4. The maximum absolute atomic E-state index is 5.44. The van der Waals surface area contributed by atoms with E-state index in [0.717, 1.165) is 25.7 Å². The van der Waals surface area contributed by atoms with Crippen LogP contribution in [0.25, 0.3) is 0 Å². The van der Waals surface area contributed by atoms with Gasteiger partial charge in [0.2, 0.25) is 5.96 Å². The zero-order valence-electron chi connectivity index (χ0n) is 11.8. The first-order valence-electron chi connectivity index (χ1n) is 6.71. The normalized spacial score (nSPS) is 17.9. The van der Waals surface area contributed by atoms with E-state index in [0.29, 0.717) is 12.6 Å². The van der Waals surface area contributed by atoms with E-state index in [-0.39, 0.29) is 6.04 Å². The van der Waals surface area contributed by atoms with Gasteiger partial charge < -0.3 is 10.1 Å². The monoisotopic (exact) mass is 257 g/mol. The van der Waals surface area contributed by atoms with Gasteiger partial charge in [-0.1, -0.05) is 6.92 Å². The molecular weight excluding hydrogens is 230 g/mol. The molecule has 4 N–H and O–H groups in total. The predicted molar refractivity (Wildman–Crippen MR) is 74.4 cm³/mol. The molecule has 0 aliphatic heterocycles. The molecule has 0 aromatic carbocycles. The van der Waals surface area contributed by atoms with E-state index in [1.54, 1.807) is 7.11 Å². The van der Waals surface area contributed by atoms with Crippen molar-refractivity contribution >= 4 is 5.96 Å². The lowest BCUT2D eigenvalue weighted by atomic mass is 10.4. The quantitative estimate of drug-likeness (QED) is 0.245. The molecule has 0 radical (unpaired) electrons. The molecule has 106 valence electrons. The molecule has 0 spiro atoms. The summed E-state index contributed by atoms with van der Waals surface area (Å²) in [5, 5.41) is 3.17. The van der Waals surface area contributed by atoms with E-state index in [1.165, 1.54) is 12.8 Å². The summed E-state index contributed by atoms with van der Waals surface area (Å²) < 4.78 is 5.05. The van der Waals surface area contributed by atoms with Crippen LogP contribution in [0.3, 0.4) is 0 Å². The predicted octanol–water partition coefficient (Wildman–Crippen LogP) is -0.0855. The fourth-order valence-electron chi connectivity index (χ4n) is 1.99. The van der Waals surface area contributed by atoms with E-state index in [2.05, 4.69) is 27.6 Å². The van der Waals surface area contributed by atoms with Gasteiger partial charge in [0, 0.05) is 25.7 Å². The number of nitrogens with zero attached hydrogens (tertiary/aromatic N) is 2. The van der Waals surface area contributed by atoms with E-state index in [4.69, 9.17) is 10.6 Å². The van der Waals surface area contributed by atoms with Crippen molar-refractivity contribution in [3.63, 3.8) is 0 Å². The summed E-state index contributed by atoms with van der Waals surface area (Å²) in [6.07, 6.45) is 2.67. The fourth-order valence-corrected chi connectivity index (χ4v) is 1.99. The highest BCUT2D eigenvalue weighted by Crippen LogP contribution is 2.25. The minimum atomic E-state index is 0.190. The Morgan fingerprint density at radius 3 is 2.78 bits per heavy atom. The maximum atomic E-state index is 5.44. The van der Waals surface area contributed by atoms with Gasteiger partial charge in [0.25, 0.3) is 0 Å². The minimum absolute atomic E-state index is 0.190. The topological polar surface area (TPSA) is 74.9 Å². The molecule has 0 saturated heterocycles. The van der Waals surface area contributed by atoms with Crippen LogP contribution in [0.1, 0.15) is 26.7 Å². The van der Waals surface area contributed by atoms with Crippen LogP contribution in [0.5, 0.6) is 0 Å². The van der Waals surface area contributed by atoms with Crippen LogP contribution in [-0.2, 0) is 4.74 Å². The van der Waals surface area contributed by atoms with Gasteiger partial charge in [-0.2, -0.15) is 0 Å². The molecule has 0 aromatic rings. The van der Waals surface area contributed by atoms with Crippen molar-refractivity contribution in [3.05, 3.63) is 0 Å². The third-order valence-corrected chi connectivity index (χ3v) is 3.06. The molecule has 0 amide bonds. The van der Waals surface area contributed by atoms with Crippen LogP contribution >= 0.6 is 0 Å². The zero-order chi connectivity index (χ0) is 13.4. The SMILES string of the molecule is CCN(CCN=C(NN)NC(C)COC)C1CC1. The van der Waals surface area contributed by atoms with Crippen LogP contribution in [0, 0.1) is 0 Å². The van der Waals surface area contributed by atoms with Crippen molar-refractivity contribution in [1.82, 2.24) is 15.6 Å². The highest BCUT2D eigenvalue weighted by atomic mass is 16.5. The van der Waals surface area contributed by atoms with Crippen LogP contribution in [0.2, 0.25) is 0 Å². The van der Waals surface area contributed by atoms with Crippen LogP contribution in [-0.4, -0.2) is 56.3 Å².